The summed E-state index contributed by atoms with van der Waals surface area (Å²) in [7, 11) is -1.28. The fourth-order valence-corrected chi connectivity index (χ4v) is 1.24. The van der Waals surface area contributed by atoms with E-state index in [0.717, 1.165) is 11.4 Å². The Bertz CT molecular complexity index is 338. The van der Waals surface area contributed by atoms with Gasteiger partial charge in [-0.05, 0) is 27.7 Å². The fraction of sp³-hybridized carbons (Fsp3) is 0.636. The molecule has 0 saturated carbocycles. The highest BCUT2D eigenvalue weighted by Crippen LogP contribution is 2.01. The van der Waals surface area contributed by atoms with Crippen LogP contribution >= 0.6 is 0 Å². The van der Waals surface area contributed by atoms with Gasteiger partial charge in [-0.3, -0.25) is 15.1 Å². The molecule has 0 bridgehead atoms. The van der Waals surface area contributed by atoms with Crippen LogP contribution in [0.25, 0.3) is 0 Å². The number of aliphatic hydroxyl groups is 1. The molecule has 1 heterocycles. The van der Waals surface area contributed by atoms with E-state index >= 15 is 0 Å². The molecule has 1 aromatic heterocycles. The van der Waals surface area contributed by atoms with Gasteiger partial charge in [-0.1, -0.05) is 0 Å². The van der Waals surface area contributed by atoms with Crippen LogP contribution in [-0.4, -0.2) is 30.6 Å². The molecule has 1 rings (SSSR count). The highest BCUT2D eigenvalue weighted by molar-refractivity contribution is 7.83. The second kappa shape index (κ2) is 8.27. The van der Waals surface area contributed by atoms with Gasteiger partial charge in [-0.15, -0.1) is 0 Å². The number of aliphatic hydroxyl groups excluding tert-OH is 1. The Hall–Kier alpha value is -0.850. The van der Waals surface area contributed by atoms with Gasteiger partial charge in [0, 0.05) is 24.9 Å². The van der Waals surface area contributed by atoms with Crippen molar-refractivity contribution in [3.63, 3.8) is 0 Å². The number of aromatic nitrogens is 2. The van der Waals surface area contributed by atoms with Crippen LogP contribution in [0.3, 0.4) is 0 Å². The van der Waals surface area contributed by atoms with Gasteiger partial charge in [-0.25, -0.2) is 4.21 Å². The average molecular weight is 259 g/mol. The molecule has 0 saturated heterocycles. The molecule has 0 aromatic carbocycles. The predicted octanol–water partition coefficient (Wildman–Crippen LogP) is 0.726. The molecule has 3 N–H and O–H groups in total. The molecule has 17 heavy (non-hydrogen) atoms. The molecular weight excluding hydrogens is 238 g/mol. The second-order valence-electron chi connectivity index (χ2n) is 4.09. The van der Waals surface area contributed by atoms with Gasteiger partial charge in [0.25, 0.3) is 0 Å². The second-order valence-corrected chi connectivity index (χ2v) is 5.55. The maximum Gasteiger partial charge on any atom is 0.0920 e. The van der Waals surface area contributed by atoms with Crippen molar-refractivity contribution < 1.29 is 9.32 Å². The topological polar surface area (TPSA) is 89.1 Å². The van der Waals surface area contributed by atoms with Crippen molar-refractivity contribution in [2.45, 2.75) is 45.5 Å². The van der Waals surface area contributed by atoms with Crippen molar-refractivity contribution in [3.8, 4) is 0 Å². The summed E-state index contributed by atoms with van der Waals surface area (Å²) in [6, 6.07) is 0. The van der Waals surface area contributed by atoms with Gasteiger partial charge in [0.15, 0.2) is 0 Å². The average Bonchev–Trinajstić information content (AvgIpc) is 2.20. The normalized spacial score (nSPS) is 13.8. The van der Waals surface area contributed by atoms with Crippen molar-refractivity contribution in [1.29, 1.82) is 0 Å². The minimum absolute atomic E-state index is 0.0722. The lowest BCUT2D eigenvalue weighted by atomic mass is 10.2. The highest BCUT2D eigenvalue weighted by atomic mass is 32.2. The zero-order valence-electron chi connectivity index (χ0n) is 10.8. The summed E-state index contributed by atoms with van der Waals surface area (Å²) < 4.78 is 10.9. The predicted molar refractivity (Wildman–Crippen MR) is 69.6 cm³/mol. The molecule has 0 radical (unpaired) electrons. The van der Waals surface area contributed by atoms with E-state index in [0.29, 0.717) is 6.42 Å². The standard InChI is InChI=1S/C8H13N3OS.C3H8O/c1-6-4-11-8(5-10-6)3-7(2)13(9)12;1-3(2)4/h4-5,7H,3,9H2,1-2H3;3-4H,1-2H3. The number of nitrogens with zero attached hydrogens (tertiary/aromatic N) is 2. The molecule has 5 nitrogen and oxygen atoms in total. The molecule has 2 unspecified atom stereocenters. The van der Waals surface area contributed by atoms with E-state index < -0.39 is 11.0 Å². The Morgan fingerprint density at radius 2 is 1.88 bits per heavy atom. The first kappa shape index (κ1) is 16.1. The van der Waals surface area contributed by atoms with Gasteiger partial charge in [0.2, 0.25) is 0 Å². The minimum Gasteiger partial charge on any atom is -0.394 e. The maximum atomic E-state index is 10.9. The Morgan fingerprint density at radius 3 is 2.24 bits per heavy atom. The van der Waals surface area contributed by atoms with Gasteiger partial charge in [0.05, 0.1) is 27.6 Å². The Labute approximate surface area is 105 Å². The van der Waals surface area contributed by atoms with E-state index in [1.807, 2.05) is 13.8 Å². The first-order valence-corrected chi connectivity index (χ1v) is 6.71. The number of nitrogens with two attached hydrogens (primary N) is 1. The van der Waals surface area contributed by atoms with Crippen LogP contribution in [-0.2, 0) is 17.4 Å². The number of rotatable bonds is 3. The van der Waals surface area contributed by atoms with E-state index in [1.54, 1.807) is 26.2 Å². The number of hydrogen-bond donors (Lipinski definition) is 2. The molecule has 1 aromatic rings. The number of hydrogen-bond acceptors (Lipinski definition) is 4. The minimum atomic E-state index is -1.28. The zero-order valence-corrected chi connectivity index (χ0v) is 11.6. The summed E-state index contributed by atoms with van der Waals surface area (Å²) in [5.41, 5.74) is 1.71. The Morgan fingerprint density at radius 1 is 1.35 bits per heavy atom. The molecule has 0 aliphatic heterocycles. The van der Waals surface area contributed by atoms with Gasteiger partial charge in [-0.2, -0.15) is 0 Å². The lowest BCUT2D eigenvalue weighted by Crippen LogP contribution is -2.21. The molecule has 2 atom stereocenters. The van der Waals surface area contributed by atoms with Gasteiger partial charge < -0.3 is 5.11 Å². The molecule has 0 aliphatic rings. The zero-order chi connectivity index (χ0) is 13.4. The van der Waals surface area contributed by atoms with E-state index in [2.05, 4.69) is 9.97 Å². The number of aryl methyl sites for hydroxylation is 1. The molecular formula is C11H21N3O2S. The van der Waals surface area contributed by atoms with Crippen LogP contribution < -0.4 is 5.14 Å². The lowest BCUT2D eigenvalue weighted by Gasteiger charge is -2.05. The third kappa shape index (κ3) is 8.91. The summed E-state index contributed by atoms with van der Waals surface area (Å²) >= 11 is 0. The van der Waals surface area contributed by atoms with Gasteiger partial charge in [0.1, 0.15) is 0 Å². The molecule has 0 amide bonds. The van der Waals surface area contributed by atoms with E-state index in [1.165, 1.54) is 0 Å². The van der Waals surface area contributed by atoms with E-state index in [9.17, 15) is 4.21 Å². The van der Waals surface area contributed by atoms with Crippen LogP contribution in [0.2, 0.25) is 0 Å². The Balaban J connectivity index is 0.000000557. The van der Waals surface area contributed by atoms with Crippen LogP contribution in [0.5, 0.6) is 0 Å². The van der Waals surface area contributed by atoms with Crippen molar-refractivity contribution in [1.82, 2.24) is 9.97 Å². The van der Waals surface area contributed by atoms with Crippen LogP contribution in [0.1, 0.15) is 32.2 Å². The summed E-state index contributed by atoms with van der Waals surface area (Å²) in [6.07, 6.45) is 3.83. The first-order valence-electron chi connectivity index (χ1n) is 5.43. The molecule has 0 aliphatic carbocycles. The van der Waals surface area contributed by atoms with Crippen molar-refractivity contribution >= 4 is 11.0 Å². The largest absolute Gasteiger partial charge is 0.394 e. The third-order valence-corrected chi connectivity index (χ3v) is 2.69. The Kier molecular flexibility index (Phi) is 7.86. The van der Waals surface area contributed by atoms with E-state index in [-0.39, 0.29) is 11.4 Å². The first-order chi connectivity index (χ1) is 7.82. The molecule has 0 fully saturated rings. The van der Waals surface area contributed by atoms with Crippen LogP contribution in [0.15, 0.2) is 12.4 Å². The monoisotopic (exact) mass is 259 g/mol. The fourth-order valence-electron chi connectivity index (χ4n) is 0.901. The lowest BCUT2D eigenvalue weighted by molar-refractivity contribution is 0.216. The third-order valence-electron chi connectivity index (χ3n) is 1.73. The van der Waals surface area contributed by atoms with Crippen molar-refractivity contribution in [2.75, 3.05) is 0 Å². The summed E-state index contributed by atoms with van der Waals surface area (Å²) in [4.78, 5) is 8.24. The van der Waals surface area contributed by atoms with Crippen molar-refractivity contribution in [3.05, 3.63) is 23.8 Å². The summed E-state index contributed by atoms with van der Waals surface area (Å²) in [6.45, 7) is 7.15. The summed E-state index contributed by atoms with van der Waals surface area (Å²) in [5, 5.41) is 13.2. The van der Waals surface area contributed by atoms with Gasteiger partial charge >= 0.3 is 0 Å². The molecule has 0 spiro atoms. The van der Waals surface area contributed by atoms with Crippen LogP contribution in [0.4, 0.5) is 0 Å². The highest BCUT2D eigenvalue weighted by Gasteiger charge is 2.08. The summed E-state index contributed by atoms with van der Waals surface area (Å²) in [5.74, 6) is 0. The maximum absolute atomic E-state index is 10.9. The molecule has 98 valence electrons. The smallest absolute Gasteiger partial charge is 0.0920 e. The van der Waals surface area contributed by atoms with Crippen LogP contribution in [0, 0.1) is 6.92 Å². The van der Waals surface area contributed by atoms with E-state index in [4.69, 9.17) is 10.2 Å². The quantitative estimate of drug-likeness (QED) is 0.837. The molecule has 6 heteroatoms. The van der Waals surface area contributed by atoms with Crippen molar-refractivity contribution in [2.24, 2.45) is 5.14 Å². The SMILES string of the molecule is CC(C)O.Cc1cnc(CC(C)S(N)=O)cn1.